The molecule has 2 aliphatic rings. The highest BCUT2D eigenvalue weighted by atomic mass is 16.7. The predicted molar refractivity (Wildman–Crippen MR) is 155 cm³/mol. The molecule has 5 atom stereocenters. The first-order chi connectivity index (χ1) is 20.7. The van der Waals surface area contributed by atoms with E-state index in [2.05, 4.69) is 10.6 Å². The van der Waals surface area contributed by atoms with Crippen LogP contribution in [0.1, 0.15) is 36.0 Å². The van der Waals surface area contributed by atoms with Gasteiger partial charge in [-0.05, 0) is 36.0 Å². The second-order valence-corrected chi connectivity index (χ2v) is 10.5. The summed E-state index contributed by atoms with van der Waals surface area (Å²) >= 11 is 0. The van der Waals surface area contributed by atoms with Crippen molar-refractivity contribution in [2.24, 2.45) is 0 Å². The summed E-state index contributed by atoms with van der Waals surface area (Å²) in [6.07, 6.45) is 0.750. The van der Waals surface area contributed by atoms with E-state index in [1.165, 1.54) is 0 Å². The highest BCUT2D eigenvalue weighted by molar-refractivity contribution is 5.75. The molecule has 2 aliphatic heterocycles. The molecule has 222 valence electrons. The fourth-order valence-electron chi connectivity index (χ4n) is 4.90. The first kappa shape index (κ1) is 29.7. The molecule has 2 saturated heterocycles. The molecular weight excluding hydrogens is 536 g/mol. The Kier molecular flexibility index (Phi) is 10.9. The number of esters is 1. The average Bonchev–Trinajstić information content (AvgIpc) is 3.85. The van der Waals surface area contributed by atoms with Crippen LogP contribution in [0.25, 0.3) is 0 Å². The quantitative estimate of drug-likeness (QED) is 0.155. The van der Waals surface area contributed by atoms with Gasteiger partial charge in [0.2, 0.25) is 0 Å². The van der Waals surface area contributed by atoms with Gasteiger partial charge in [0, 0.05) is 6.54 Å². The van der Waals surface area contributed by atoms with Crippen molar-refractivity contribution in [3.05, 3.63) is 108 Å². The Labute approximate surface area is 246 Å². The number of epoxide rings is 1. The predicted octanol–water partition coefficient (Wildman–Crippen LogP) is 4.49. The number of hydrogen-bond acceptors (Lipinski definition) is 8. The van der Waals surface area contributed by atoms with E-state index in [1.807, 2.05) is 91.0 Å². The molecule has 9 nitrogen and oxygen atoms in total. The highest BCUT2D eigenvalue weighted by Crippen LogP contribution is 2.36. The monoisotopic (exact) mass is 574 g/mol. The normalized spacial score (nSPS) is 21.5. The molecule has 0 aliphatic carbocycles. The zero-order valence-corrected chi connectivity index (χ0v) is 23.6. The Morgan fingerprint density at radius 3 is 2.00 bits per heavy atom. The Bertz CT molecular complexity index is 1250. The van der Waals surface area contributed by atoms with Crippen LogP contribution in [-0.2, 0) is 48.3 Å². The maximum absolute atomic E-state index is 13.1. The second kappa shape index (κ2) is 15.5. The second-order valence-electron chi connectivity index (χ2n) is 10.5. The van der Waals surface area contributed by atoms with Gasteiger partial charge < -0.3 is 29.0 Å². The molecule has 0 radical (unpaired) electrons. The molecule has 0 saturated carbocycles. The average molecular weight is 575 g/mol. The minimum Gasteiger partial charge on any atom is -0.460 e. The first-order valence-electron chi connectivity index (χ1n) is 14.5. The lowest BCUT2D eigenvalue weighted by Crippen LogP contribution is -2.52. The number of unbranched alkanes of at least 4 members (excludes halogenated alkanes) is 1. The number of benzene rings is 3. The molecule has 0 unspecified atom stereocenters. The lowest BCUT2D eigenvalue weighted by atomic mass is 10.0. The van der Waals surface area contributed by atoms with Gasteiger partial charge in [-0.15, -0.1) is 0 Å². The summed E-state index contributed by atoms with van der Waals surface area (Å²) in [7, 11) is 0. The van der Waals surface area contributed by atoms with Crippen LogP contribution >= 0.6 is 0 Å². The van der Waals surface area contributed by atoms with Crippen LogP contribution in [0.5, 0.6) is 0 Å². The number of hydrogen-bond donors (Lipinski definition) is 2. The first-order valence-corrected chi connectivity index (χ1v) is 14.5. The van der Waals surface area contributed by atoms with Crippen LogP contribution in [0.15, 0.2) is 91.0 Å². The Hall–Kier alpha value is -3.76. The Balaban J connectivity index is 1.06. The minimum atomic E-state index is -0.543. The summed E-state index contributed by atoms with van der Waals surface area (Å²) in [6.45, 7) is 1.67. The molecule has 9 heteroatoms. The number of rotatable bonds is 15. The van der Waals surface area contributed by atoms with Crippen LogP contribution in [0.4, 0.5) is 4.79 Å². The molecule has 2 heterocycles. The van der Waals surface area contributed by atoms with Gasteiger partial charge >= 0.3 is 12.1 Å². The molecular formula is C33H38N2O7. The smallest absolute Gasteiger partial charge is 0.407 e. The zero-order chi connectivity index (χ0) is 29.0. The fraction of sp³-hybridized carbons (Fsp3) is 0.394. The van der Waals surface area contributed by atoms with E-state index in [1.54, 1.807) is 0 Å². The van der Waals surface area contributed by atoms with E-state index < -0.39 is 18.4 Å². The van der Waals surface area contributed by atoms with Crippen molar-refractivity contribution in [2.45, 2.75) is 69.7 Å². The summed E-state index contributed by atoms with van der Waals surface area (Å²) in [5, 5.41) is 6.20. The third-order valence-electron chi connectivity index (χ3n) is 7.25. The van der Waals surface area contributed by atoms with Crippen molar-refractivity contribution in [3.63, 3.8) is 0 Å². The van der Waals surface area contributed by atoms with Crippen molar-refractivity contribution < 1.29 is 33.3 Å². The molecule has 0 bridgehead atoms. The zero-order valence-electron chi connectivity index (χ0n) is 23.6. The van der Waals surface area contributed by atoms with E-state index in [0.29, 0.717) is 39.0 Å². The molecule has 2 N–H and O–H groups in total. The standard InChI is InChI=1S/C33H38N2O7/c36-31(38-20-24-12-4-1-5-13-24)27(18-10-11-19-34-33(37)41-22-26-16-8-3-9-17-26)35-28-23-40-32(30-29(28)42-30)39-21-25-14-6-2-7-15-25/h1-9,12-17,27-30,32,35H,10-11,18-23H2,(H,34,37)/t27-,28-,29+,30+,32-/m0/s1. The summed E-state index contributed by atoms with van der Waals surface area (Å²) in [4.78, 5) is 25.2. The van der Waals surface area contributed by atoms with Crippen molar-refractivity contribution in [3.8, 4) is 0 Å². The van der Waals surface area contributed by atoms with Crippen molar-refractivity contribution in [2.75, 3.05) is 13.2 Å². The van der Waals surface area contributed by atoms with Crippen molar-refractivity contribution in [1.29, 1.82) is 0 Å². The van der Waals surface area contributed by atoms with Crippen LogP contribution in [0.2, 0.25) is 0 Å². The van der Waals surface area contributed by atoms with Gasteiger partial charge in [0.05, 0.1) is 19.3 Å². The topological polar surface area (TPSA) is 108 Å². The summed E-state index contributed by atoms with van der Waals surface area (Å²) in [5.41, 5.74) is 2.92. The van der Waals surface area contributed by atoms with Gasteiger partial charge in [0.1, 0.15) is 31.5 Å². The van der Waals surface area contributed by atoms with Gasteiger partial charge in [-0.3, -0.25) is 10.1 Å². The molecule has 3 aromatic carbocycles. The SMILES string of the molecule is O=C(NCCCC[C@H](N[C@H]1CO[C@H](OCc2ccccc2)[C@@H]2O[C@@H]21)C(=O)OCc1ccccc1)OCc1ccccc1. The summed E-state index contributed by atoms with van der Waals surface area (Å²) in [5.74, 6) is -0.325. The van der Waals surface area contributed by atoms with E-state index in [4.69, 9.17) is 23.7 Å². The number of amides is 1. The maximum atomic E-state index is 13.1. The van der Waals surface area contributed by atoms with Gasteiger partial charge in [0.15, 0.2) is 6.29 Å². The summed E-state index contributed by atoms with van der Waals surface area (Å²) < 4.78 is 28.8. The molecule has 0 aromatic heterocycles. The van der Waals surface area contributed by atoms with Crippen LogP contribution in [-0.4, -0.2) is 55.8 Å². The molecule has 5 rings (SSSR count). The van der Waals surface area contributed by atoms with Gasteiger partial charge in [-0.1, -0.05) is 91.0 Å². The number of carbonyl (C=O) groups is 2. The Morgan fingerprint density at radius 2 is 1.36 bits per heavy atom. The Morgan fingerprint density at radius 1 is 0.762 bits per heavy atom. The van der Waals surface area contributed by atoms with Crippen molar-refractivity contribution in [1.82, 2.24) is 10.6 Å². The third kappa shape index (κ3) is 9.12. The van der Waals surface area contributed by atoms with Crippen LogP contribution in [0.3, 0.4) is 0 Å². The van der Waals surface area contributed by atoms with Crippen LogP contribution < -0.4 is 10.6 Å². The molecule has 3 aromatic rings. The lowest BCUT2D eigenvalue weighted by molar-refractivity contribution is -0.171. The lowest BCUT2D eigenvalue weighted by Gasteiger charge is -2.29. The van der Waals surface area contributed by atoms with E-state index in [-0.39, 0.29) is 37.4 Å². The third-order valence-corrected chi connectivity index (χ3v) is 7.25. The fourth-order valence-corrected chi connectivity index (χ4v) is 4.90. The largest absolute Gasteiger partial charge is 0.460 e. The highest BCUT2D eigenvalue weighted by Gasteiger charge is 2.55. The molecule has 1 amide bonds. The molecule has 42 heavy (non-hydrogen) atoms. The minimum absolute atomic E-state index is 0.0926. The van der Waals surface area contributed by atoms with Crippen molar-refractivity contribution >= 4 is 12.1 Å². The maximum Gasteiger partial charge on any atom is 0.407 e. The van der Waals surface area contributed by atoms with E-state index >= 15 is 0 Å². The van der Waals surface area contributed by atoms with E-state index in [9.17, 15) is 9.59 Å². The van der Waals surface area contributed by atoms with Gasteiger partial charge in [-0.2, -0.15) is 0 Å². The van der Waals surface area contributed by atoms with Gasteiger partial charge in [-0.25, -0.2) is 4.79 Å². The van der Waals surface area contributed by atoms with Crippen LogP contribution in [0, 0.1) is 0 Å². The number of alkyl carbamates (subject to hydrolysis) is 1. The number of ether oxygens (including phenoxy) is 5. The number of carbonyl (C=O) groups excluding carboxylic acids is 2. The van der Waals surface area contributed by atoms with Gasteiger partial charge in [0.25, 0.3) is 0 Å². The summed E-state index contributed by atoms with van der Waals surface area (Å²) in [6, 6.07) is 28.3. The number of nitrogens with one attached hydrogen (secondary N) is 2. The van der Waals surface area contributed by atoms with E-state index in [0.717, 1.165) is 16.7 Å². The number of fused-ring (bicyclic) bond motifs is 1. The molecule has 2 fully saturated rings. The molecule has 0 spiro atoms.